The summed E-state index contributed by atoms with van der Waals surface area (Å²) in [5.74, 6) is 0.341. The molecule has 0 aliphatic heterocycles. The maximum atomic E-state index is 10.1. The number of aromatic hydroxyl groups is 1. The molecule has 0 saturated carbocycles. The Morgan fingerprint density at radius 2 is 1.75 bits per heavy atom. The predicted molar refractivity (Wildman–Crippen MR) is 63.6 cm³/mol. The van der Waals surface area contributed by atoms with E-state index in [4.69, 9.17) is 9.47 Å². The minimum absolute atomic E-state index is 0.341. The Bertz CT molecular complexity index is 359. The molecule has 0 aromatic heterocycles. The van der Waals surface area contributed by atoms with Gasteiger partial charge in [-0.3, -0.25) is 0 Å². The topological polar surface area (TPSA) is 38.7 Å². The number of hydrogen-bond acceptors (Lipinski definition) is 3. The van der Waals surface area contributed by atoms with Crippen LogP contribution in [0, 0.1) is 6.92 Å². The molecule has 0 bridgehead atoms. The van der Waals surface area contributed by atoms with E-state index in [2.05, 4.69) is 13.0 Å². The number of benzene rings is 1. The summed E-state index contributed by atoms with van der Waals surface area (Å²) in [5, 5.41) is 10.1. The van der Waals surface area contributed by atoms with E-state index in [0.717, 1.165) is 28.7 Å². The van der Waals surface area contributed by atoms with Gasteiger partial charge in [0.25, 0.3) is 0 Å². The van der Waals surface area contributed by atoms with Crippen molar-refractivity contribution >= 4 is 0 Å². The van der Waals surface area contributed by atoms with Gasteiger partial charge in [-0.2, -0.15) is 0 Å². The van der Waals surface area contributed by atoms with Crippen molar-refractivity contribution in [3.05, 3.63) is 28.3 Å². The average molecular weight is 224 g/mol. The molecule has 3 nitrogen and oxygen atoms in total. The van der Waals surface area contributed by atoms with Gasteiger partial charge in [-0.25, -0.2) is 0 Å². The molecule has 1 N–H and O–H groups in total. The Morgan fingerprint density at radius 3 is 2.25 bits per heavy atom. The van der Waals surface area contributed by atoms with Crippen LogP contribution in [-0.4, -0.2) is 19.3 Å². The predicted octanol–water partition coefficient (Wildman–Crippen LogP) is 2.56. The third-order valence-corrected chi connectivity index (χ3v) is 2.83. The van der Waals surface area contributed by atoms with Crippen LogP contribution in [0.15, 0.2) is 6.07 Å². The molecule has 0 amide bonds. The zero-order valence-corrected chi connectivity index (χ0v) is 10.5. The first-order valence-corrected chi connectivity index (χ1v) is 5.46. The van der Waals surface area contributed by atoms with Gasteiger partial charge in [-0.15, -0.1) is 0 Å². The van der Waals surface area contributed by atoms with Gasteiger partial charge in [0.15, 0.2) is 0 Å². The summed E-state index contributed by atoms with van der Waals surface area (Å²) in [6, 6.07) is 2.09. The van der Waals surface area contributed by atoms with Crippen molar-refractivity contribution in [2.45, 2.75) is 33.5 Å². The minimum Gasteiger partial charge on any atom is -0.507 e. The fourth-order valence-electron chi connectivity index (χ4n) is 1.89. The highest BCUT2D eigenvalue weighted by molar-refractivity contribution is 5.49. The van der Waals surface area contributed by atoms with Gasteiger partial charge in [0, 0.05) is 19.8 Å². The van der Waals surface area contributed by atoms with Gasteiger partial charge >= 0.3 is 0 Å². The highest BCUT2D eigenvalue weighted by Gasteiger charge is 2.13. The molecular weight excluding hydrogens is 204 g/mol. The van der Waals surface area contributed by atoms with E-state index in [1.807, 2.05) is 6.92 Å². The molecule has 90 valence electrons. The average Bonchev–Trinajstić information content (AvgIpc) is 2.28. The van der Waals surface area contributed by atoms with Gasteiger partial charge in [-0.1, -0.05) is 13.0 Å². The molecule has 1 rings (SSSR count). The summed E-state index contributed by atoms with van der Waals surface area (Å²) in [7, 11) is 3.28. The molecule has 3 heteroatoms. The quantitative estimate of drug-likeness (QED) is 0.835. The first-order valence-electron chi connectivity index (χ1n) is 5.46. The SMILES string of the molecule is CCc1cc(COC)c(COC)c(O)c1C. The first-order chi connectivity index (χ1) is 7.65. The number of phenolic OH excluding ortho intramolecular Hbond substituents is 1. The largest absolute Gasteiger partial charge is 0.507 e. The summed E-state index contributed by atoms with van der Waals surface area (Å²) < 4.78 is 10.3. The summed E-state index contributed by atoms with van der Waals surface area (Å²) >= 11 is 0. The standard InChI is InChI=1S/C13H20O3/c1-5-10-6-11(7-15-3)12(8-16-4)13(14)9(10)2/h6,14H,5,7-8H2,1-4H3. The molecule has 0 saturated heterocycles. The Kier molecular flexibility index (Phi) is 4.77. The molecule has 0 spiro atoms. The van der Waals surface area contributed by atoms with Crippen LogP contribution in [0.1, 0.15) is 29.2 Å². The van der Waals surface area contributed by atoms with E-state index >= 15 is 0 Å². The number of ether oxygens (including phenoxy) is 2. The maximum absolute atomic E-state index is 10.1. The van der Waals surface area contributed by atoms with E-state index in [1.165, 1.54) is 0 Å². The van der Waals surface area contributed by atoms with Crippen molar-refractivity contribution in [2.24, 2.45) is 0 Å². The molecule has 1 aromatic carbocycles. The van der Waals surface area contributed by atoms with Crippen molar-refractivity contribution in [2.75, 3.05) is 14.2 Å². The van der Waals surface area contributed by atoms with E-state index < -0.39 is 0 Å². The molecule has 0 radical (unpaired) electrons. The first kappa shape index (κ1) is 13.0. The van der Waals surface area contributed by atoms with Crippen LogP contribution in [0.4, 0.5) is 0 Å². The van der Waals surface area contributed by atoms with Gasteiger partial charge in [-0.05, 0) is 30.0 Å². The molecule has 0 unspecified atom stereocenters. The van der Waals surface area contributed by atoms with Crippen molar-refractivity contribution in [3.8, 4) is 5.75 Å². The van der Waals surface area contributed by atoms with Gasteiger partial charge < -0.3 is 14.6 Å². The van der Waals surface area contributed by atoms with Crippen LogP contribution in [0.2, 0.25) is 0 Å². The van der Waals surface area contributed by atoms with Crippen LogP contribution in [0.5, 0.6) is 5.75 Å². The summed E-state index contributed by atoms with van der Waals surface area (Å²) in [5.41, 5.74) is 3.93. The number of rotatable bonds is 5. The van der Waals surface area contributed by atoms with E-state index in [0.29, 0.717) is 19.0 Å². The number of methoxy groups -OCH3 is 2. The van der Waals surface area contributed by atoms with Crippen molar-refractivity contribution in [1.29, 1.82) is 0 Å². The van der Waals surface area contributed by atoms with Crippen LogP contribution in [-0.2, 0) is 29.1 Å². The molecule has 1 aromatic rings. The molecule has 0 atom stereocenters. The highest BCUT2D eigenvalue weighted by atomic mass is 16.5. The zero-order chi connectivity index (χ0) is 12.1. The fourth-order valence-corrected chi connectivity index (χ4v) is 1.89. The Morgan fingerprint density at radius 1 is 1.12 bits per heavy atom. The normalized spacial score (nSPS) is 10.8. The lowest BCUT2D eigenvalue weighted by molar-refractivity contribution is 0.166. The van der Waals surface area contributed by atoms with Crippen LogP contribution < -0.4 is 0 Å². The summed E-state index contributed by atoms with van der Waals surface area (Å²) in [6.07, 6.45) is 0.906. The molecular formula is C13H20O3. The minimum atomic E-state index is 0.341. The molecule has 0 aliphatic carbocycles. The molecule has 16 heavy (non-hydrogen) atoms. The third kappa shape index (κ3) is 2.54. The second kappa shape index (κ2) is 5.87. The Labute approximate surface area is 97.0 Å². The highest BCUT2D eigenvalue weighted by Crippen LogP contribution is 2.30. The van der Waals surface area contributed by atoms with Crippen molar-refractivity contribution < 1.29 is 14.6 Å². The molecule has 0 aliphatic rings. The van der Waals surface area contributed by atoms with Crippen LogP contribution in [0.25, 0.3) is 0 Å². The Balaban J connectivity index is 3.26. The lowest BCUT2D eigenvalue weighted by Gasteiger charge is -2.15. The van der Waals surface area contributed by atoms with Crippen molar-refractivity contribution in [1.82, 2.24) is 0 Å². The number of hydrogen-bond donors (Lipinski definition) is 1. The third-order valence-electron chi connectivity index (χ3n) is 2.83. The monoisotopic (exact) mass is 224 g/mol. The fraction of sp³-hybridized carbons (Fsp3) is 0.538. The lowest BCUT2D eigenvalue weighted by atomic mass is 9.96. The molecule has 0 heterocycles. The number of phenols is 1. The van der Waals surface area contributed by atoms with Crippen LogP contribution >= 0.6 is 0 Å². The maximum Gasteiger partial charge on any atom is 0.124 e. The second-order valence-corrected chi connectivity index (χ2v) is 3.87. The smallest absolute Gasteiger partial charge is 0.124 e. The molecule has 0 fully saturated rings. The van der Waals surface area contributed by atoms with E-state index in [9.17, 15) is 5.11 Å². The van der Waals surface area contributed by atoms with E-state index in [1.54, 1.807) is 14.2 Å². The summed E-state index contributed by atoms with van der Waals surface area (Å²) in [4.78, 5) is 0. The van der Waals surface area contributed by atoms with Gasteiger partial charge in [0.05, 0.1) is 13.2 Å². The zero-order valence-electron chi connectivity index (χ0n) is 10.5. The Hall–Kier alpha value is -1.06. The van der Waals surface area contributed by atoms with E-state index in [-0.39, 0.29) is 0 Å². The van der Waals surface area contributed by atoms with Crippen LogP contribution in [0.3, 0.4) is 0 Å². The van der Waals surface area contributed by atoms with Crippen molar-refractivity contribution in [3.63, 3.8) is 0 Å². The van der Waals surface area contributed by atoms with Gasteiger partial charge in [0.1, 0.15) is 5.75 Å². The second-order valence-electron chi connectivity index (χ2n) is 3.87. The number of aryl methyl sites for hydroxylation is 1. The van der Waals surface area contributed by atoms with Gasteiger partial charge in [0.2, 0.25) is 0 Å². The lowest BCUT2D eigenvalue weighted by Crippen LogP contribution is -2.02. The summed E-state index contributed by atoms with van der Waals surface area (Å²) in [6.45, 7) is 4.92.